The van der Waals surface area contributed by atoms with E-state index in [-0.39, 0.29) is 0 Å². The minimum absolute atomic E-state index is 0.485. The minimum atomic E-state index is 0.485. The zero-order valence-corrected chi connectivity index (χ0v) is 12.7. The standard InChI is InChI=1S/C15H25ClN2/c1-5-9-17-11-13-7-8-14(16)10-15(13)18(6-2)12(3)4/h7-8,10,12,17H,5-6,9,11H2,1-4H3. The van der Waals surface area contributed by atoms with Crippen LogP contribution in [0.2, 0.25) is 5.02 Å². The Labute approximate surface area is 116 Å². The molecule has 0 bridgehead atoms. The second kappa shape index (κ2) is 7.65. The summed E-state index contributed by atoms with van der Waals surface area (Å²) in [6.45, 7) is 11.8. The molecule has 0 aliphatic rings. The molecule has 0 atom stereocenters. The summed E-state index contributed by atoms with van der Waals surface area (Å²) in [7, 11) is 0. The van der Waals surface area contributed by atoms with Crippen molar-refractivity contribution in [3.8, 4) is 0 Å². The molecule has 1 aromatic rings. The van der Waals surface area contributed by atoms with E-state index in [1.165, 1.54) is 11.3 Å². The number of nitrogens with one attached hydrogen (secondary N) is 1. The zero-order chi connectivity index (χ0) is 13.5. The van der Waals surface area contributed by atoms with Gasteiger partial charge in [0.05, 0.1) is 0 Å². The topological polar surface area (TPSA) is 15.3 Å². The first kappa shape index (κ1) is 15.3. The first-order valence-electron chi connectivity index (χ1n) is 6.85. The van der Waals surface area contributed by atoms with Gasteiger partial charge in [0.2, 0.25) is 0 Å². The highest BCUT2D eigenvalue weighted by molar-refractivity contribution is 6.30. The van der Waals surface area contributed by atoms with Gasteiger partial charge in [0, 0.05) is 29.8 Å². The quantitative estimate of drug-likeness (QED) is 0.750. The number of benzene rings is 1. The van der Waals surface area contributed by atoms with Gasteiger partial charge in [-0.3, -0.25) is 0 Å². The van der Waals surface area contributed by atoms with E-state index in [1.54, 1.807) is 0 Å². The Balaban J connectivity index is 2.94. The molecule has 0 amide bonds. The highest BCUT2D eigenvalue weighted by Gasteiger charge is 2.13. The molecule has 0 saturated heterocycles. The summed E-state index contributed by atoms with van der Waals surface area (Å²) in [4.78, 5) is 2.38. The minimum Gasteiger partial charge on any atom is -0.369 e. The molecule has 0 heterocycles. The van der Waals surface area contributed by atoms with Gasteiger partial charge in [0.25, 0.3) is 0 Å². The summed E-state index contributed by atoms with van der Waals surface area (Å²) < 4.78 is 0. The molecule has 0 saturated carbocycles. The van der Waals surface area contributed by atoms with E-state index in [0.29, 0.717) is 6.04 Å². The molecule has 1 N–H and O–H groups in total. The molecule has 102 valence electrons. The normalized spacial score (nSPS) is 11.0. The molecule has 3 heteroatoms. The number of anilines is 1. The second-order valence-electron chi connectivity index (χ2n) is 4.83. The van der Waals surface area contributed by atoms with Crippen LogP contribution in [0.5, 0.6) is 0 Å². The van der Waals surface area contributed by atoms with Crippen molar-refractivity contribution in [2.45, 2.75) is 46.7 Å². The van der Waals surface area contributed by atoms with Gasteiger partial charge in [-0.15, -0.1) is 0 Å². The Morgan fingerprint density at radius 3 is 2.56 bits per heavy atom. The molecule has 18 heavy (non-hydrogen) atoms. The molecule has 0 radical (unpaired) electrons. The van der Waals surface area contributed by atoms with Crippen LogP contribution >= 0.6 is 11.6 Å². The summed E-state index contributed by atoms with van der Waals surface area (Å²) in [5.41, 5.74) is 2.58. The van der Waals surface area contributed by atoms with Gasteiger partial charge < -0.3 is 10.2 Å². The van der Waals surface area contributed by atoms with Crippen LogP contribution in [-0.2, 0) is 6.54 Å². The highest BCUT2D eigenvalue weighted by atomic mass is 35.5. The van der Waals surface area contributed by atoms with E-state index >= 15 is 0 Å². The fraction of sp³-hybridized carbons (Fsp3) is 0.600. The van der Waals surface area contributed by atoms with Crippen molar-refractivity contribution in [1.82, 2.24) is 5.32 Å². The lowest BCUT2D eigenvalue weighted by atomic mass is 10.1. The van der Waals surface area contributed by atoms with Crippen LogP contribution in [0.1, 0.15) is 39.7 Å². The summed E-state index contributed by atoms with van der Waals surface area (Å²) in [5.74, 6) is 0. The summed E-state index contributed by atoms with van der Waals surface area (Å²) >= 11 is 6.14. The molecule has 1 aromatic carbocycles. The lowest BCUT2D eigenvalue weighted by Gasteiger charge is -2.30. The molecule has 2 nitrogen and oxygen atoms in total. The zero-order valence-electron chi connectivity index (χ0n) is 12.0. The van der Waals surface area contributed by atoms with Crippen molar-refractivity contribution in [2.24, 2.45) is 0 Å². The van der Waals surface area contributed by atoms with Crippen molar-refractivity contribution >= 4 is 17.3 Å². The van der Waals surface area contributed by atoms with E-state index in [9.17, 15) is 0 Å². The molecule has 0 fully saturated rings. The van der Waals surface area contributed by atoms with E-state index < -0.39 is 0 Å². The first-order valence-corrected chi connectivity index (χ1v) is 7.23. The van der Waals surface area contributed by atoms with Crippen LogP contribution in [0.15, 0.2) is 18.2 Å². The SMILES string of the molecule is CCCNCc1ccc(Cl)cc1N(CC)C(C)C. The molecular formula is C15H25ClN2. The van der Waals surface area contributed by atoms with Crippen molar-refractivity contribution in [1.29, 1.82) is 0 Å². The van der Waals surface area contributed by atoms with Gasteiger partial charge in [-0.1, -0.05) is 24.6 Å². The summed E-state index contributed by atoms with van der Waals surface area (Å²) in [5, 5.41) is 4.27. The third kappa shape index (κ3) is 4.18. The lowest BCUT2D eigenvalue weighted by Crippen LogP contribution is -2.31. The Kier molecular flexibility index (Phi) is 6.51. The number of hydrogen-bond donors (Lipinski definition) is 1. The van der Waals surface area contributed by atoms with Gasteiger partial charge in [-0.25, -0.2) is 0 Å². The smallest absolute Gasteiger partial charge is 0.0428 e. The Bertz CT molecular complexity index is 364. The van der Waals surface area contributed by atoms with Gasteiger partial charge in [0.1, 0.15) is 0 Å². The van der Waals surface area contributed by atoms with Crippen LogP contribution < -0.4 is 10.2 Å². The monoisotopic (exact) mass is 268 g/mol. The molecule has 0 aliphatic carbocycles. The third-order valence-electron chi connectivity index (χ3n) is 3.06. The Morgan fingerprint density at radius 2 is 2.00 bits per heavy atom. The predicted octanol–water partition coefficient (Wildman–Crippen LogP) is 4.07. The average molecular weight is 269 g/mol. The van der Waals surface area contributed by atoms with Gasteiger partial charge >= 0.3 is 0 Å². The van der Waals surface area contributed by atoms with Crippen LogP contribution in [0, 0.1) is 0 Å². The summed E-state index contributed by atoms with van der Waals surface area (Å²) in [6, 6.07) is 6.67. The van der Waals surface area contributed by atoms with Crippen molar-refractivity contribution < 1.29 is 0 Å². The van der Waals surface area contributed by atoms with Crippen LogP contribution in [0.3, 0.4) is 0 Å². The molecule has 1 rings (SSSR count). The molecule has 0 unspecified atom stereocenters. The van der Waals surface area contributed by atoms with E-state index in [4.69, 9.17) is 11.6 Å². The second-order valence-corrected chi connectivity index (χ2v) is 5.27. The van der Waals surface area contributed by atoms with Crippen LogP contribution in [0.25, 0.3) is 0 Å². The van der Waals surface area contributed by atoms with E-state index in [1.807, 2.05) is 6.07 Å². The summed E-state index contributed by atoms with van der Waals surface area (Å²) in [6.07, 6.45) is 1.16. The lowest BCUT2D eigenvalue weighted by molar-refractivity contribution is 0.661. The van der Waals surface area contributed by atoms with Gasteiger partial charge in [-0.05, 0) is 51.4 Å². The molecule has 0 aliphatic heterocycles. The maximum Gasteiger partial charge on any atom is 0.0428 e. The maximum absolute atomic E-state index is 6.14. The van der Waals surface area contributed by atoms with Gasteiger partial charge in [0.15, 0.2) is 0 Å². The van der Waals surface area contributed by atoms with Crippen LogP contribution in [0.4, 0.5) is 5.69 Å². The average Bonchev–Trinajstić information content (AvgIpc) is 2.32. The van der Waals surface area contributed by atoms with Crippen molar-refractivity contribution in [3.63, 3.8) is 0 Å². The van der Waals surface area contributed by atoms with Crippen LogP contribution in [-0.4, -0.2) is 19.1 Å². The first-order chi connectivity index (χ1) is 8.60. The van der Waals surface area contributed by atoms with E-state index in [2.05, 4.69) is 50.0 Å². The molecular weight excluding hydrogens is 244 g/mol. The fourth-order valence-corrected chi connectivity index (χ4v) is 2.33. The van der Waals surface area contributed by atoms with Gasteiger partial charge in [-0.2, -0.15) is 0 Å². The number of halogens is 1. The number of rotatable bonds is 7. The molecule has 0 spiro atoms. The van der Waals surface area contributed by atoms with Crippen molar-refractivity contribution in [3.05, 3.63) is 28.8 Å². The fourth-order valence-electron chi connectivity index (χ4n) is 2.17. The van der Waals surface area contributed by atoms with E-state index in [0.717, 1.165) is 31.1 Å². The molecule has 0 aromatic heterocycles. The highest BCUT2D eigenvalue weighted by Crippen LogP contribution is 2.26. The Morgan fingerprint density at radius 1 is 1.28 bits per heavy atom. The Hall–Kier alpha value is -0.730. The predicted molar refractivity (Wildman–Crippen MR) is 81.6 cm³/mol. The van der Waals surface area contributed by atoms with Crippen molar-refractivity contribution in [2.75, 3.05) is 18.0 Å². The maximum atomic E-state index is 6.14. The largest absolute Gasteiger partial charge is 0.369 e. The third-order valence-corrected chi connectivity index (χ3v) is 3.30. The number of nitrogens with zero attached hydrogens (tertiary/aromatic N) is 1. The number of hydrogen-bond acceptors (Lipinski definition) is 2.